The lowest BCUT2D eigenvalue weighted by Gasteiger charge is -2.35. The second kappa shape index (κ2) is 4.32. The van der Waals surface area contributed by atoms with Crippen molar-refractivity contribution in [2.75, 3.05) is 0 Å². The predicted octanol–water partition coefficient (Wildman–Crippen LogP) is 2.19. The monoisotopic (exact) mass is 231 g/mol. The molecule has 1 aliphatic rings. The molecular weight excluding hydrogens is 214 g/mol. The molecule has 1 atom stereocenters. The average Bonchev–Trinajstić information content (AvgIpc) is 2.33. The normalized spacial score (nSPS) is 23.2. The van der Waals surface area contributed by atoms with E-state index in [0.717, 1.165) is 12.0 Å². The summed E-state index contributed by atoms with van der Waals surface area (Å²) in [6.07, 6.45) is 2.56. The minimum Gasteiger partial charge on any atom is -0.369 e. The van der Waals surface area contributed by atoms with E-state index in [1.165, 1.54) is 0 Å². The lowest BCUT2D eigenvalue weighted by molar-refractivity contribution is -0.124. The van der Waals surface area contributed by atoms with Gasteiger partial charge in [-0.15, -0.1) is 0 Å². The second-order valence-electron chi connectivity index (χ2n) is 4.67. The summed E-state index contributed by atoms with van der Waals surface area (Å²) < 4.78 is 0. The molecule has 90 valence electrons. The molecule has 0 aliphatic heterocycles. The number of nitrogens with two attached hydrogens (primary N) is 1. The van der Waals surface area contributed by atoms with Crippen molar-refractivity contribution in [1.82, 2.24) is 0 Å². The molecule has 1 aromatic rings. The van der Waals surface area contributed by atoms with Gasteiger partial charge in [0.2, 0.25) is 5.91 Å². The first kappa shape index (κ1) is 11.8. The highest BCUT2D eigenvalue weighted by Crippen LogP contribution is 2.40. The molecule has 0 aromatic heterocycles. The fourth-order valence-electron chi connectivity index (χ4n) is 2.81. The van der Waals surface area contributed by atoms with Gasteiger partial charge in [-0.1, -0.05) is 37.6 Å². The Labute approximate surface area is 101 Å². The highest BCUT2D eigenvalue weighted by molar-refractivity contribution is 6.03. The van der Waals surface area contributed by atoms with Crippen molar-refractivity contribution in [2.45, 2.75) is 38.0 Å². The third-order valence-corrected chi connectivity index (χ3v) is 3.67. The van der Waals surface area contributed by atoms with Crippen LogP contribution in [0.1, 0.15) is 48.5 Å². The third kappa shape index (κ3) is 1.75. The van der Waals surface area contributed by atoms with Gasteiger partial charge < -0.3 is 5.73 Å². The van der Waals surface area contributed by atoms with Gasteiger partial charge in [-0.25, -0.2) is 0 Å². The van der Waals surface area contributed by atoms with Gasteiger partial charge in [-0.3, -0.25) is 9.59 Å². The highest BCUT2D eigenvalue weighted by atomic mass is 16.1. The zero-order valence-electron chi connectivity index (χ0n) is 10.0. The van der Waals surface area contributed by atoms with Crippen LogP contribution in [0.15, 0.2) is 24.3 Å². The standard InChI is InChI=1S/C14H17NO2/c1-2-8-14(13(15)17)9-7-12(16)10-5-3-4-6-11(10)14/h3-6H,2,7-9H2,1H3,(H2,15,17). The maximum absolute atomic E-state index is 11.8. The van der Waals surface area contributed by atoms with Crippen molar-refractivity contribution in [3.05, 3.63) is 35.4 Å². The number of carbonyl (C=O) groups excluding carboxylic acids is 2. The average molecular weight is 231 g/mol. The number of ketones is 1. The van der Waals surface area contributed by atoms with E-state index in [1.807, 2.05) is 25.1 Å². The fourth-order valence-corrected chi connectivity index (χ4v) is 2.81. The van der Waals surface area contributed by atoms with E-state index >= 15 is 0 Å². The third-order valence-electron chi connectivity index (χ3n) is 3.67. The summed E-state index contributed by atoms with van der Waals surface area (Å²) in [4.78, 5) is 23.7. The van der Waals surface area contributed by atoms with Gasteiger partial charge in [0.1, 0.15) is 0 Å². The Morgan fingerprint density at radius 2 is 2.12 bits per heavy atom. The lowest BCUT2D eigenvalue weighted by Crippen LogP contribution is -2.44. The van der Waals surface area contributed by atoms with Crippen LogP contribution < -0.4 is 5.73 Å². The van der Waals surface area contributed by atoms with E-state index in [9.17, 15) is 9.59 Å². The molecule has 1 unspecified atom stereocenters. The van der Waals surface area contributed by atoms with Crippen molar-refractivity contribution in [1.29, 1.82) is 0 Å². The molecule has 17 heavy (non-hydrogen) atoms. The Bertz CT molecular complexity index is 467. The molecule has 2 N–H and O–H groups in total. The number of hydrogen-bond donors (Lipinski definition) is 1. The number of amides is 1. The van der Waals surface area contributed by atoms with E-state index < -0.39 is 5.41 Å². The molecule has 0 fully saturated rings. The van der Waals surface area contributed by atoms with Crippen molar-refractivity contribution in [3.8, 4) is 0 Å². The van der Waals surface area contributed by atoms with Gasteiger partial charge in [-0.05, 0) is 18.4 Å². The Balaban J connectivity index is 2.60. The van der Waals surface area contributed by atoms with Crippen LogP contribution in [0.25, 0.3) is 0 Å². The number of fused-ring (bicyclic) bond motifs is 1. The SMILES string of the molecule is CCCC1(C(N)=O)CCC(=O)c2ccccc21. The van der Waals surface area contributed by atoms with Crippen molar-refractivity contribution in [2.24, 2.45) is 5.73 Å². The smallest absolute Gasteiger partial charge is 0.228 e. The largest absolute Gasteiger partial charge is 0.369 e. The Morgan fingerprint density at radius 3 is 2.76 bits per heavy atom. The molecule has 0 heterocycles. The predicted molar refractivity (Wildman–Crippen MR) is 65.8 cm³/mol. The molecule has 3 heteroatoms. The van der Waals surface area contributed by atoms with Gasteiger partial charge in [0.15, 0.2) is 5.78 Å². The van der Waals surface area contributed by atoms with Crippen LogP contribution in [0.4, 0.5) is 0 Å². The molecular formula is C14H17NO2. The molecule has 1 aliphatic carbocycles. The van der Waals surface area contributed by atoms with E-state index in [0.29, 0.717) is 24.8 Å². The quantitative estimate of drug-likeness (QED) is 0.866. The van der Waals surface area contributed by atoms with Crippen LogP contribution in [0.3, 0.4) is 0 Å². The van der Waals surface area contributed by atoms with Gasteiger partial charge in [0, 0.05) is 12.0 Å². The van der Waals surface area contributed by atoms with E-state index in [-0.39, 0.29) is 11.7 Å². The molecule has 1 amide bonds. The summed E-state index contributed by atoms with van der Waals surface area (Å²) in [6.45, 7) is 2.03. The maximum atomic E-state index is 11.8. The number of benzene rings is 1. The van der Waals surface area contributed by atoms with Gasteiger partial charge in [-0.2, -0.15) is 0 Å². The van der Waals surface area contributed by atoms with Crippen molar-refractivity contribution < 1.29 is 9.59 Å². The zero-order chi connectivity index (χ0) is 12.5. The van der Waals surface area contributed by atoms with Crippen LogP contribution in [0.2, 0.25) is 0 Å². The van der Waals surface area contributed by atoms with Gasteiger partial charge in [0.25, 0.3) is 0 Å². The van der Waals surface area contributed by atoms with Crippen LogP contribution >= 0.6 is 0 Å². The van der Waals surface area contributed by atoms with E-state index in [2.05, 4.69) is 0 Å². The van der Waals surface area contributed by atoms with Crippen LogP contribution in [0.5, 0.6) is 0 Å². The number of rotatable bonds is 3. The molecule has 3 nitrogen and oxygen atoms in total. The topological polar surface area (TPSA) is 60.2 Å². The molecule has 0 saturated carbocycles. The van der Waals surface area contributed by atoms with E-state index in [1.54, 1.807) is 6.07 Å². The minimum atomic E-state index is -0.640. The summed E-state index contributed by atoms with van der Waals surface area (Å²) in [5.41, 5.74) is 6.46. The first-order valence-electron chi connectivity index (χ1n) is 6.04. The first-order chi connectivity index (χ1) is 8.12. The Hall–Kier alpha value is -1.64. The van der Waals surface area contributed by atoms with Gasteiger partial charge >= 0.3 is 0 Å². The number of hydrogen-bond acceptors (Lipinski definition) is 2. The van der Waals surface area contributed by atoms with E-state index in [4.69, 9.17) is 5.73 Å². The van der Waals surface area contributed by atoms with Crippen molar-refractivity contribution in [3.63, 3.8) is 0 Å². The number of Topliss-reactive ketones (excluding diaryl/α,β-unsaturated/α-hetero) is 1. The fraction of sp³-hybridized carbons (Fsp3) is 0.429. The lowest BCUT2D eigenvalue weighted by atomic mass is 9.66. The highest BCUT2D eigenvalue weighted by Gasteiger charge is 2.43. The molecule has 1 aromatic carbocycles. The molecule has 0 saturated heterocycles. The zero-order valence-corrected chi connectivity index (χ0v) is 10.0. The Morgan fingerprint density at radius 1 is 1.41 bits per heavy atom. The van der Waals surface area contributed by atoms with Crippen molar-refractivity contribution >= 4 is 11.7 Å². The molecule has 0 bridgehead atoms. The molecule has 0 radical (unpaired) electrons. The molecule has 2 rings (SSSR count). The van der Waals surface area contributed by atoms with Gasteiger partial charge in [0.05, 0.1) is 5.41 Å². The second-order valence-corrected chi connectivity index (χ2v) is 4.67. The van der Waals surface area contributed by atoms with Crippen LogP contribution in [-0.4, -0.2) is 11.7 Å². The summed E-state index contributed by atoms with van der Waals surface area (Å²) in [5, 5.41) is 0. The number of carbonyl (C=O) groups is 2. The summed E-state index contributed by atoms with van der Waals surface area (Å²) in [6, 6.07) is 7.36. The van der Waals surface area contributed by atoms with Crippen LogP contribution in [0, 0.1) is 0 Å². The summed E-state index contributed by atoms with van der Waals surface area (Å²) in [7, 11) is 0. The molecule has 0 spiro atoms. The Kier molecular flexibility index (Phi) is 3.01. The summed E-state index contributed by atoms with van der Waals surface area (Å²) >= 11 is 0. The summed E-state index contributed by atoms with van der Waals surface area (Å²) in [5.74, 6) is -0.187. The first-order valence-corrected chi connectivity index (χ1v) is 6.04. The minimum absolute atomic E-state index is 0.119. The van der Waals surface area contributed by atoms with Crippen LogP contribution in [-0.2, 0) is 10.2 Å². The number of primary amides is 1. The maximum Gasteiger partial charge on any atom is 0.228 e.